The molecule has 2 aliphatic rings. The lowest BCUT2D eigenvalue weighted by Gasteiger charge is -2.46. The SMILES string of the molecule is CN(C)S(=O)(=O)c1ccc(OCC(O)CN2CC3CC(CN(CC(=O)C(C)(C)C)C3)C2)cc1. The maximum atomic E-state index is 12.4. The van der Waals surface area contributed by atoms with Gasteiger partial charge in [-0.05, 0) is 42.5 Å². The highest BCUT2D eigenvalue weighted by molar-refractivity contribution is 7.89. The Morgan fingerprint density at radius 1 is 1.09 bits per heavy atom. The van der Waals surface area contributed by atoms with Crippen molar-refractivity contribution in [2.45, 2.75) is 38.2 Å². The van der Waals surface area contributed by atoms with Crippen molar-refractivity contribution in [3.05, 3.63) is 24.3 Å². The van der Waals surface area contributed by atoms with Gasteiger partial charge >= 0.3 is 0 Å². The van der Waals surface area contributed by atoms with Crippen LogP contribution in [0.5, 0.6) is 5.75 Å². The van der Waals surface area contributed by atoms with Crippen molar-refractivity contribution < 1.29 is 23.1 Å². The predicted molar refractivity (Wildman–Crippen MR) is 128 cm³/mol. The Bertz CT molecular complexity index is 897. The number of β-amino-alcohol motifs (C(OH)–C–C–N with tert-alkyl or cyclic N) is 1. The van der Waals surface area contributed by atoms with Crippen molar-refractivity contribution in [1.82, 2.24) is 14.1 Å². The Labute approximate surface area is 198 Å². The molecule has 0 amide bonds. The van der Waals surface area contributed by atoms with Gasteiger partial charge in [0.05, 0.1) is 11.4 Å². The highest BCUT2D eigenvalue weighted by atomic mass is 32.2. The fourth-order valence-corrected chi connectivity index (χ4v) is 5.58. The molecule has 0 aliphatic carbocycles. The Morgan fingerprint density at radius 3 is 2.15 bits per heavy atom. The first-order chi connectivity index (χ1) is 15.3. The number of ether oxygens (including phenoxy) is 1. The monoisotopic (exact) mass is 481 g/mol. The van der Waals surface area contributed by atoms with Gasteiger partial charge in [-0.2, -0.15) is 0 Å². The average Bonchev–Trinajstić information content (AvgIpc) is 2.71. The fraction of sp³-hybridized carbons (Fsp3) is 0.708. The molecule has 3 unspecified atom stereocenters. The van der Waals surface area contributed by atoms with Crippen LogP contribution in [-0.4, -0.2) is 99.5 Å². The zero-order valence-electron chi connectivity index (χ0n) is 20.5. The van der Waals surface area contributed by atoms with Crippen molar-refractivity contribution in [3.63, 3.8) is 0 Å². The summed E-state index contributed by atoms with van der Waals surface area (Å²) < 4.78 is 31.2. The van der Waals surface area contributed by atoms with Gasteiger partial charge in [-0.25, -0.2) is 12.7 Å². The van der Waals surface area contributed by atoms with E-state index in [1.54, 1.807) is 12.1 Å². The zero-order valence-corrected chi connectivity index (χ0v) is 21.3. The minimum atomic E-state index is -3.47. The summed E-state index contributed by atoms with van der Waals surface area (Å²) in [5, 5.41) is 10.5. The van der Waals surface area contributed by atoms with Gasteiger partial charge in [0.25, 0.3) is 0 Å². The second-order valence-corrected chi connectivity index (χ2v) is 12.9. The molecule has 0 aromatic heterocycles. The van der Waals surface area contributed by atoms with Crippen molar-refractivity contribution in [1.29, 1.82) is 0 Å². The number of hydrogen-bond donors (Lipinski definition) is 1. The number of benzene rings is 1. The Morgan fingerprint density at radius 2 is 1.64 bits per heavy atom. The lowest BCUT2D eigenvalue weighted by molar-refractivity contribution is -0.128. The van der Waals surface area contributed by atoms with E-state index in [0.29, 0.717) is 36.5 Å². The molecule has 0 spiro atoms. The van der Waals surface area contributed by atoms with E-state index in [4.69, 9.17) is 4.74 Å². The van der Waals surface area contributed by atoms with Gasteiger partial charge in [0, 0.05) is 52.2 Å². The summed E-state index contributed by atoms with van der Waals surface area (Å²) in [5.41, 5.74) is -0.302. The smallest absolute Gasteiger partial charge is 0.242 e. The standard InChI is InChI=1S/C24H39N3O5S/c1-24(2,3)23(29)16-27-13-18-10-19(14-27)12-26(11-18)15-20(28)17-32-21-6-8-22(9-7-21)33(30,31)25(4)5/h6-9,18-20,28H,10-17H2,1-5H3. The summed E-state index contributed by atoms with van der Waals surface area (Å²) >= 11 is 0. The molecule has 2 heterocycles. The molecule has 33 heavy (non-hydrogen) atoms. The van der Waals surface area contributed by atoms with Crippen LogP contribution in [0, 0.1) is 17.3 Å². The molecule has 3 atom stereocenters. The molecule has 2 saturated heterocycles. The minimum absolute atomic E-state index is 0.151. The maximum Gasteiger partial charge on any atom is 0.242 e. The molecule has 0 saturated carbocycles. The van der Waals surface area contributed by atoms with Gasteiger partial charge in [-0.1, -0.05) is 20.8 Å². The number of sulfonamides is 1. The van der Waals surface area contributed by atoms with Gasteiger partial charge in [-0.15, -0.1) is 0 Å². The highest BCUT2D eigenvalue weighted by Gasteiger charge is 2.36. The number of piperidine rings is 2. The summed E-state index contributed by atoms with van der Waals surface area (Å²) in [6, 6.07) is 6.25. The first kappa shape index (κ1) is 26.1. The van der Waals surface area contributed by atoms with Crippen LogP contribution >= 0.6 is 0 Å². The van der Waals surface area contributed by atoms with E-state index in [2.05, 4.69) is 9.80 Å². The van der Waals surface area contributed by atoms with Gasteiger partial charge in [0.1, 0.15) is 18.5 Å². The van der Waals surface area contributed by atoms with Crippen LogP contribution in [0.15, 0.2) is 29.2 Å². The van der Waals surface area contributed by atoms with Crippen LogP contribution in [-0.2, 0) is 14.8 Å². The number of Topliss-reactive ketones (excluding diaryl/α,β-unsaturated/α-hetero) is 1. The first-order valence-electron chi connectivity index (χ1n) is 11.7. The fourth-order valence-electron chi connectivity index (χ4n) is 4.67. The summed E-state index contributed by atoms with van der Waals surface area (Å²) in [6.45, 7) is 10.9. The van der Waals surface area contributed by atoms with Crippen LogP contribution in [0.4, 0.5) is 0 Å². The van der Waals surface area contributed by atoms with E-state index in [0.717, 1.165) is 26.2 Å². The number of nitrogens with zero attached hydrogens (tertiary/aromatic N) is 3. The number of aliphatic hydroxyl groups is 1. The molecule has 9 heteroatoms. The lowest BCUT2D eigenvalue weighted by atomic mass is 9.83. The average molecular weight is 482 g/mol. The molecular formula is C24H39N3O5S. The van der Waals surface area contributed by atoms with Crippen LogP contribution in [0.3, 0.4) is 0 Å². The van der Waals surface area contributed by atoms with Crippen molar-refractivity contribution >= 4 is 15.8 Å². The van der Waals surface area contributed by atoms with Crippen molar-refractivity contribution in [2.24, 2.45) is 17.3 Å². The quantitative estimate of drug-likeness (QED) is 0.572. The van der Waals surface area contributed by atoms with Crippen LogP contribution in [0.1, 0.15) is 27.2 Å². The van der Waals surface area contributed by atoms with E-state index in [-0.39, 0.29) is 16.9 Å². The van der Waals surface area contributed by atoms with E-state index in [1.165, 1.54) is 37.0 Å². The second kappa shape index (κ2) is 10.4. The molecular weight excluding hydrogens is 442 g/mol. The van der Waals surface area contributed by atoms with Gasteiger partial charge in [0.15, 0.2) is 5.78 Å². The molecule has 2 bridgehead atoms. The number of aliphatic hydroxyl groups excluding tert-OH is 1. The number of ketones is 1. The van der Waals surface area contributed by atoms with Crippen molar-refractivity contribution in [2.75, 3.05) is 60.0 Å². The third-order valence-corrected chi connectivity index (χ3v) is 8.28. The number of rotatable bonds is 9. The van der Waals surface area contributed by atoms with Crippen LogP contribution < -0.4 is 4.74 Å². The third-order valence-electron chi connectivity index (χ3n) is 6.45. The number of hydrogen-bond acceptors (Lipinski definition) is 7. The molecule has 1 aromatic carbocycles. The molecule has 3 rings (SSSR count). The number of carbonyl (C=O) groups excluding carboxylic acids is 1. The maximum absolute atomic E-state index is 12.4. The molecule has 2 aliphatic heterocycles. The summed E-state index contributed by atoms with van der Waals surface area (Å²) in [4.78, 5) is 17.2. The Kier molecular flexibility index (Phi) is 8.22. The second-order valence-electron chi connectivity index (χ2n) is 10.8. The van der Waals surface area contributed by atoms with E-state index >= 15 is 0 Å². The summed E-state index contributed by atoms with van der Waals surface area (Å²) in [7, 11) is -0.483. The zero-order chi connectivity index (χ0) is 24.4. The Balaban J connectivity index is 1.45. The van der Waals surface area contributed by atoms with Gasteiger partial charge in [0.2, 0.25) is 10.0 Å². The van der Waals surface area contributed by atoms with Gasteiger partial charge < -0.3 is 9.84 Å². The molecule has 8 nitrogen and oxygen atoms in total. The topological polar surface area (TPSA) is 90.4 Å². The number of likely N-dealkylation sites (tertiary alicyclic amines) is 2. The molecule has 1 aromatic rings. The molecule has 1 N–H and O–H groups in total. The van der Waals surface area contributed by atoms with E-state index in [9.17, 15) is 18.3 Å². The normalized spacial score (nSPS) is 23.5. The Hall–Kier alpha value is -1.52. The van der Waals surface area contributed by atoms with Gasteiger partial charge in [-0.3, -0.25) is 14.6 Å². The molecule has 2 fully saturated rings. The molecule has 0 radical (unpaired) electrons. The lowest BCUT2D eigenvalue weighted by Crippen LogP contribution is -2.55. The third kappa shape index (κ3) is 6.99. The summed E-state index contributed by atoms with van der Waals surface area (Å²) in [5.74, 6) is 1.86. The van der Waals surface area contributed by atoms with E-state index in [1.807, 2.05) is 20.8 Å². The highest BCUT2D eigenvalue weighted by Crippen LogP contribution is 2.29. The number of carbonyl (C=O) groups is 1. The summed E-state index contributed by atoms with van der Waals surface area (Å²) in [6.07, 6.45) is 0.554. The van der Waals surface area contributed by atoms with Crippen LogP contribution in [0.2, 0.25) is 0 Å². The minimum Gasteiger partial charge on any atom is -0.491 e. The van der Waals surface area contributed by atoms with Crippen LogP contribution in [0.25, 0.3) is 0 Å². The van der Waals surface area contributed by atoms with E-state index < -0.39 is 16.1 Å². The molecule has 186 valence electrons. The number of fused-ring (bicyclic) bond motifs is 2. The largest absolute Gasteiger partial charge is 0.491 e. The van der Waals surface area contributed by atoms with Crippen molar-refractivity contribution in [3.8, 4) is 5.75 Å². The first-order valence-corrected chi connectivity index (χ1v) is 13.1. The predicted octanol–water partition coefficient (Wildman–Crippen LogP) is 1.55.